The van der Waals surface area contributed by atoms with Crippen LogP contribution in [-0.2, 0) is 14.3 Å². The minimum Gasteiger partial charge on any atom is -0.507 e. The lowest BCUT2D eigenvalue weighted by molar-refractivity contribution is -0.140. The highest BCUT2D eigenvalue weighted by Crippen LogP contribution is 2.39. The van der Waals surface area contributed by atoms with Crippen molar-refractivity contribution in [2.24, 2.45) is 0 Å². The van der Waals surface area contributed by atoms with E-state index in [9.17, 15) is 14.7 Å². The third-order valence-corrected chi connectivity index (χ3v) is 6.41. The number of aliphatic hydroxyl groups excluding tert-OH is 1. The summed E-state index contributed by atoms with van der Waals surface area (Å²) in [5.74, 6) is -0.844. The highest BCUT2D eigenvalue weighted by molar-refractivity contribution is 6.46. The summed E-state index contributed by atoms with van der Waals surface area (Å²) in [6.07, 6.45) is 5.92. The number of aromatic nitrogens is 1. The first-order chi connectivity index (χ1) is 17.1. The van der Waals surface area contributed by atoms with Gasteiger partial charge in [-0.1, -0.05) is 25.5 Å². The van der Waals surface area contributed by atoms with E-state index in [-0.39, 0.29) is 11.3 Å². The molecule has 4 rings (SSSR count). The summed E-state index contributed by atoms with van der Waals surface area (Å²) in [7, 11) is 0. The number of carbonyl (C=O) groups excluding carboxylic acids is 2. The summed E-state index contributed by atoms with van der Waals surface area (Å²) in [5, 5.41) is 11.3. The molecule has 1 amide bonds. The van der Waals surface area contributed by atoms with E-state index in [2.05, 4.69) is 16.8 Å². The number of carbonyl (C=O) groups is 2. The van der Waals surface area contributed by atoms with Gasteiger partial charge in [0.05, 0.1) is 31.4 Å². The highest BCUT2D eigenvalue weighted by atomic mass is 16.5. The summed E-state index contributed by atoms with van der Waals surface area (Å²) in [5.41, 5.74) is 1.28. The van der Waals surface area contributed by atoms with E-state index in [4.69, 9.17) is 9.47 Å². The van der Waals surface area contributed by atoms with Crippen LogP contribution in [0.15, 0.2) is 54.4 Å². The lowest BCUT2D eigenvalue weighted by Crippen LogP contribution is -2.38. The molecule has 1 N–H and O–H groups in total. The number of benzene rings is 1. The lowest BCUT2D eigenvalue weighted by Gasteiger charge is -2.29. The predicted molar refractivity (Wildman–Crippen MR) is 132 cm³/mol. The van der Waals surface area contributed by atoms with Gasteiger partial charge in [0, 0.05) is 44.1 Å². The Balaban J connectivity index is 1.62. The van der Waals surface area contributed by atoms with E-state index in [0.29, 0.717) is 37.7 Å². The standard InChI is InChI=1S/C27H33N3O5/c1-2-3-16-35-22-7-4-6-21(19-22)25(31)23-24(20-8-10-28-11-9-20)30(27(33)26(23)32)13-5-12-29-14-17-34-18-15-29/h4,6-11,19,24,31H,2-3,5,12-18H2,1H3. The largest absolute Gasteiger partial charge is 0.507 e. The fourth-order valence-corrected chi connectivity index (χ4v) is 4.52. The zero-order valence-corrected chi connectivity index (χ0v) is 20.2. The van der Waals surface area contributed by atoms with Crippen molar-refractivity contribution in [3.63, 3.8) is 0 Å². The number of hydrogen-bond acceptors (Lipinski definition) is 7. The van der Waals surface area contributed by atoms with E-state index < -0.39 is 17.7 Å². The number of aliphatic hydroxyl groups is 1. The fraction of sp³-hybridized carbons (Fsp3) is 0.444. The molecule has 35 heavy (non-hydrogen) atoms. The number of likely N-dealkylation sites (tertiary alicyclic amines) is 1. The van der Waals surface area contributed by atoms with Crippen LogP contribution < -0.4 is 4.74 Å². The van der Waals surface area contributed by atoms with Gasteiger partial charge in [0.25, 0.3) is 11.7 Å². The number of rotatable bonds is 10. The van der Waals surface area contributed by atoms with Gasteiger partial charge < -0.3 is 19.5 Å². The SMILES string of the molecule is CCCCOc1cccc(C(O)=C2C(=O)C(=O)N(CCCN3CCOCC3)C2c2ccncc2)c1. The van der Waals surface area contributed by atoms with Crippen LogP contribution in [0.3, 0.4) is 0 Å². The fourth-order valence-electron chi connectivity index (χ4n) is 4.52. The molecule has 0 spiro atoms. The molecule has 2 fully saturated rings. The zero-order chi connectivity index (χ0) is 24.6. The molecule has 1 aromatic carbocycles. The first kappa shape index (κ1) is 24.9. The smallest absolute Gasteiger partial charge is 0.295 e. The van der Waals surface area contributed by atoms with Gasteiger partial charge in [-0.15, -0.1) is 0 Å². The molecule has 0 radical (unpaired) electrons. The molecule has 8 heteroatoms. The van der Waals surface area contributed by atoms with Gasteiger partial charge in [-0.2, -0.15) is 0 Å². The Morgan fingerprint density at radius 3 is 2.63 bits per heavy atom. The Labute approximate surface area is 206 Å². The average Bonchev–Trinajstić information content (AvgIpc) is 3.15. The van der Waals surface area contributed by atoms with Crippen LogP contribution in [0.5, 0.6) is 5.75 Å². The summed E-state index contributed by atoms with van der Waals surface area (Å²) in [4.78, 5) is 34.3. The molecule has 2 aliphatic heterocycles. The van der Waals surface area contributed by atoms with Crippen LogP contribution in [0, 0.1) is 0 Å². The molecule has 2 aromatic rings. The van der Waals surface area contributed by atoms with Crippen LogP contribution in [0.1, 0.15) is 43.4 Å². The van der Waals surface area contributed by atoms with E-state index in [1.807, 2.05) is 6.07 Å². The molecule has 0 aliphatic carbocycles. The molecule has 2 aliphatic rings. The Kier molecular flexibility index (Phi) is 8.50. The van der Waals surface area contributed by atoms with Gasteiger partial charge in [0.1, 0.15) is 11.5 Å². The molecule has 3 heterocycles. The van der Waals surface area contributed by atoms with Gasteiger partial charge >= 0.3 is 0 Å². The number of pyridine rings is 1. The second kappa shape index (κ2) is 12.0. The van der Waals surface area contributed by atoms with Gasteiger partial charge in [-0.25, -0.2) is 0 Å². The summed E-state index contributed by atoms with van der Waals surface area (Å²) < 4.78 is 11.2. The quantitative estimate of drug-likeness (QED) is 0.242. The molecule has 1 atom stereocenters. The maximum atomic E-state index is 13.2. The Hall–Kier alpha value is -3.23. The van der Waals surface area contributed by atoms with Crippen LogP contribution in [0.4, 0.5) is 0 Å². The highest BCUT2D eigenvalue weighted by Gasteiger charge is 2.45. The lowest BCUT2D eigenvalue weighted by atomic mass is 9.96. The van der Waals surface area contributed by atoms with Crippen LogP contribution in [0.2, 0.25) is 0 Å². The van der Waals surface area contributed by atoms with Gasteiger partial charge in [0.2, 0.25) is 0 Å². The van der Waals surface area contributed by atoms with Crippen LogP contribution in [-0.4, -0.2) is 77.6 Å². The second-order valence-corrected chi connectivity index (χ2v) is 8.81. The van der Waals surface area contributed by atoms with Crippen molar-refractivity contribution in [1.29, 1.82) is 0 Å². The van der Waals surface area contributed by atoms with Crippen molar-refractivity contribution in [2.75, 3.05) is 46.0 Å². The molecule has 2 saturated heterocycles. The molecule has 0 bridgehead atoms. The third-order valence-electron chi connectivity index (χ3n) is 6.41. The Morgan fingerprint density at radius 1 is 1.11 bits per heavy atom. The van der Waals surface area contributed by atoms with E-state index in [1.54, 1.807) is 47.6 Å². The Bertz CT molecular complexity index is 1050. The number of nitrogens with zero attached hydrogens (tertiary/aromatic N) is 3. The van der Waals surface area contributed by atoms with Crippen molar-refractivity contribution in [3.8, 4) is 5.75 Å². The number of ether oxygens (including phenoxy) is 2. The number of Topliss-reactive ketones (excluding diaryl/α,β-unsaturated/α-hetero) is 1. The monoisotopic (exact) mass is 479 g/mol. The first-order valence-electron chi connectivity index (χ1n) is 12.3. The normalized spacial score (nSPS) is 20.4. The third kappa shape index (κ3) is 5.89. The van der Waals surface area contributed by atoms with E-state index in [1.165, 1.54) is 0 Å². The van der Waals surface area contributed by atoms with Crippen molar-refractivity contribution >= 4 is 17.4 Å². The summed E-state index contributed by atoms with van der Waals surface area (Å²) >= 11 is 0. The van der Waals surface area contributed by atoms with Crippen LogP contribution in [0.25, 0.3) is 5.76 Å². The zero-order valence-electron chi connectivity index (χ0n) is 20.2. The minimum absolute atomic E-state index is 0.0956. The summed E-state index contributed by atoms with van der Waals surface area (Å²) in [6.45, 7) is 7.03. The van der Waals surface area contributed by atoms with E-state index in [0.717, 1.165) is 44.5 Å². The molecular formula is C27H33N3O5. The van der Waals surface area contributed by atoms with Crippen LogP contribution >= 0.6 is 0 Å². The molecule has 0 saturated carbocycles. The molecule has 186 valence electrons. The van der Waals surface area contributed by atoms with Gasteiger partial charge in [-0.05, 0) is 42.7 Å². The molecular weight excluding hydrogens is 446 g/mol. The van der Waals surface area contributed by atoms with E-state index >= 15 is 0 Å². The maximum absolute atomic E-state index is 13.2. The number of ketones is 1. The van der Waals surface area contributed by atoms with Crippen molar-refractivity contribution in [2.45, 2.75) is 32.2 Å². The average molecular weight is 480 g/mol. The number of hydrogen-bond donors (Lipinski definition) is 1. The molecule has 1 aromatic heterocycles. The maximum Gasteiger partial charge on any atom is 0.295 e. The Morgan fingerprint density at radius 2 is 1.89 bits per heavy atom. The van der Waals surface area contributed by atoms with Gasteiger partial charge in [0.15, 0.2) is 0 Å². The minimum atomic E-state index is -0.674. The molecule has 8 nitrogen and oxygen atoms in total. The first-order valence-corrected chi connectivity index (χ1v) is 12.3. The van der Waals surface area contributed by atoms with Gasteiger partial charge in [-0.3, -0.25) is 19.5 Å². The topological polar surface area (TPSA) is 92.2 Å². The second-order valence-electron chi connectivity index (χ2n) is 8.81. The predicted octanol–water partition coefficient (Wildman–Crippen LogP) is 3.40. The number of morpholine rings is 1. The van der Waals surface area contributed by atoms with Crippen molar-refractivity contribution in [3.05, 3.63) is 65.5 Å². The number of amides is 1. The summed E-state index contributed by atoms with van der Waals surface area (Å²) in [6, 6.07) is 9.91. The number of unbranched alkanes of at least 4 members (excludes halogenated alkanes) is 1. The molecule has 1 unspecified atom stereocenters. The van der Waals surface area contributed by atoms with Crippen molar-refractivity contribution in [1.82, 2.24) is 14.8 Å². The van der Waals surface area contributed by atoms with Crippen molar-refractivity contribution < 1.29 is 24.2 Å².